The maximum Gasteiger partial charge on any atom is 0.307 e. The Bertz CT molecular complexity index is 1240. The highest BCUT2D eigenvalue weighted by molar-refractivity contribution is 7.92. The van der Waals surface area contributed by atoms with Crippen LogP contribution >= 0.6 is 11.6 Å². The molecule has 0 aromatic heterocycles. The van der Waals surface area contributed by atoms with Gasteiger partial charge in [0.1, 0.15) is 17.0 Å². The van der Waals surface area contributed by atoms with E-state index in [0.717, 1.165) is 0 Å². The number of hydrogen-bond donors (Lipinski definition) is 3. The topological polar surface area (TPSA) is 140 Å². The first-order valence-corrected chi connectivity index (χ1v) is 13.8. The van der Waals surface area contributed by atoms with E-state index in [9.17, 15) is 23.2 Å². The molecule has 0 aliphatic carbocycles. The van der Waals surface area contributed by atoms with Crippen LogP contribution in [0.2, 0.25) is 5.02 Å². The summed E-state index contributed by atoms with van der Waals surface area (Å²) in [4.78, 5) is 23.0. The third-order valence-corrected chi connectivity index (χ3v) is 9.25. The molecule has 1 amide bonds. The van der Waals surface area contributed by atoms with Crippen molar-refractivity contribution in [3.05, 3.63) is 53.6 Å². The van der Waals surface area contributed by atoms with Crippen molar-refractivity contribution in [2.24, 2.45) is 0 Å². The number of sulfone groups is 1. The molecule has 3 atom stereocenters. The van der Waals surface area contributed by atoms with Gasteiger partial charge in [-0.1, -0.05) is 11.6 Å². The molecule has 200 valence electrons. The minimum Gasteiger partial charge on any atom is -0.466 e. The SMILES string of the molecule is CCOC(=O)CCNC1(C(=O)NO)CC2CCC(S(=O)(=O)c3ccc(Oc4ccc(Cl)cc4)cc3)(C1)O2. The third kappa shape index (κ3) is 5.60. The number of benzene rings is 2. The van der Waals surface area contributed by atoms with Gasteiger partial charge in [0.2, 0.25) is 9.84 Å². The normalized spacial score (nSPS) is 24.9. The molecule has 2 aliphatic heterocycles. The van der Waals surface area contributed by atoms with Crippen molar-refractivity contribution < 1.29 is 37.4 Å². The Morgan fingerprint density at radius 1 is 1.14 bits per heavy atom. The van der Waals surface area contributed by atoms with Crippen LogP contribution in [0.4, 0.5) is 0 Å². The molecule has 37 heavy (non-hydrogen) atoms. The van der Waals surface area contributed by atoms with Crippen LogP contribution in [0.15, 0.2) is 53.4 Å². The highest BCUT2D eigenvalue weighted by Crippen LogP contribution is 2.51. The summed E-state index contributed by atoms with van der Waals surface area (Å²) < 4.78 is 44.4. The molecule has 2 aromatic carbocycles. The number of hydrogen-bond acceptors (Lipinski definition) is 9. The van der Waals surface area contributed by atoms with Gasteiger partial charge in [-0.05, 0) is 68.3 Å². The lowest BCUT2D eigenvalue weighted by molar-refractivity contribution is -0.148. The predicted molar refractivity (Wildman–Crippen MR) is 133 cm³/mol. The quantitative estimate of drug-likeness (QED) is 0.230. The molecule has 10 nitrogen and oxygen atoms in total. The van der Waals surface area contributed by atoms with E-state index in [2.05, 4.69) is 5.32 Å². The van der Waals surface area contributed by atoms with Crippen LogP contribution < -0.4 is 15.5 Å². The molecule has 12 heteroatoms. The lowest BCUT2D eigenvalue weighted by atomic mass is 9.85. The van der Waals surface area contributed by atoms with E-state index in [1.54, 1.807) is 48.8 Å². The number of carbonyl (C=O) groups is 2. The van der Waals surface area contributed by atoms with Crippen LogP contribution in [0.25, 0.3) is 0 Å². The summed E-state index contributed by atoms with van der Waals surface area (Å²) in [6.45, 7) is 1.97. The van der Waals surface area contributed by atoms with Gasteiger partial charge < -0.3 is 19.5 Å². The summed E-state index contributed by atoms with van der Waals surface area (Å²) in [5.41, 5.74) is 0.204. The molecule has 2 saturated heterocycles. The zero-order valence-electron chi connectivity index (χ0n) is 20.2. The molecule has 2 aliphatic rings. The maximum atomic E-state index is 13.9. The fourth-order valence-corrected chi connectivity index (χ4v) is 7.10. The van der Waals surface area contributed by atoms with Gasteiger partial charge in [-0.2, -0.15) is 0 Å². The van der Waals surface area contributed by atoms with Crippen LogP contribution in [0, 0.1) is 0 Å². The fraction of sp³-hybridized carbons (Fsp3) is 0.440. The van der Waals surface area contributed by atoms with E-state index in [1.165, 1.54) is 12.1 Å². The predicted octanol–water partition coefficient (Wildman–Crippen LogP) is 3.36. The Balaban J connectivity index is 1.56. The fourth-order valence-electron chi connectivity index (χ4n) is 4.96. The first-order valence-electron chi connectivity index (χ1n) is 11.9. The molecular weight excluding hydrogens is 524 g/mol. The number of nitrogens with one attached hydrogen (secondary N) is 2. The first-order chi connectivity index (χ1) is 17.6. The summed E-state index contributed by atoms with van der Waals surface area (Å²) in [5.74, 6) is -0.255. The smallest absolute Gasteiger partial charge is 0.307 e. The molecule has 0 radical (unpaired) electrons. The molecule has 2 heterocycles. The van der Waals surface area contributed by atoms with Crippen molar-refractivity contribution in [1.29, 1.82) is 0 Å². The molecule has 0 saturated carbocycles. The number of ether oxygens (including phenoxy) is 3. The summed E-state index contributed by atoms with van der Waals surface area (Å²) in [6.07, 6.45) is -0.0255. The third-order valence-electron chi connectivity index (χ3n) is 6.68. The number of rotatable bonds is 10. The van der Waals surface area contributed by atoms with Gasteiger partial charge in [0.25, 0.3) is 5.91 Å². The second kappa shape index (κ2) is 11.0. The number of carbonyl (C=O) groups excluding carboxylic acids is 2. The molecule has 2 fully saturated rings. The van der Waals surface area contributed by atoms with Gasteiger partial charge >= 0.3 is 5.97 Å². The summed E-state index contributed by atoms with van der Waals surface area (Å²) >= 11 is 5.90. The van der Waals surface area contributed by atoms with Crippen molar-refractivity contribution in [1.82, 2.24) is 10.8 Å². The van der Waals surface area contributed by atoms with E-state index in [1.807, 2.05) is 0 Å². The van der Waals surface area contributed by atoms with E-state index in [0.29, 0.717) is 22.9 Å². The van der Waals surface area contributed by atoms with E-state index in [-0.39, 0.29) is 43.7 Å². The van der Waals surface area contributed by atoms with Gasteiger partial charge in [-0.3, -0.25) is 14.8 Å². The Hall–Kier alpha value is -2.70. The van der Waals surface area contributed by atoms with Crippen molar-refractivity contribution in [3.8, 4) is 11.5 Å². The monoisotopic (exact) mass is 552 g/mol. The summed E-state index contributed by atoms with van der Waals surface area (Å²) in [5, 5.41) is 13.1. The average molecular weight is 553 g/mol. The van der Waals surface area contributed by atoms with Gasteiger partial charge in [-0.25, -0.2) is 13.9 Å². The van der Waals surface area contributed by atoms with E-state index >= 15 is 0 Å². The molecular formula is C25H29ClN2O8S. The Kier molecular flexibility index (Phi) is 8.10. The van der Waals surface area contributed by atoms with Crippen molar-refractivity contribution in [3.63, 3.8) is 0 Å². The molecule has 2 bridgehead atoms. The van der Waals surface area contributed by atoms with Gasteiger partial charge in [0, 0.05) is 24.4 Å². The highest BCUT2D eigenvalue weighted by atomic mass is 35.5. The van der Waals surface area contributed by atoms with Crippen molar-refractivity contribution >= 4 is 33.3 Å². The molecule has 3 unspecified atom stereocenters. The second-order valence-electron chi connectivity index (χ2n) is 9.11. The zero-order chi connectivity index (χ0) is 26.7. The van der Waals surface area contributed by atoms with E-state index in [4.69, 9.17) is 25.8 Å². The van der Waals surface area contributed by atoms with Crippen LogP contribution in [0.5, 0.6) is 11.5 Å². The Labute approximate surface area is 220 Å². The summed E-state index contributed by atoms with van der Waals surface area (Å²) in [6, 6.07) is 12.7. The number of esters is 1. The van der Waals surface area contributed by atoms with Crippen LogP contribution in [-0.4, -0.2) is 55.2 Å². The number of amides is 1. The molecule has 3 N–H and O–H groups in total. The average Bonchev–Trinajstić information content (AvgIpc) is 3.21. The molecule has 4 rings (SSSR count). The Morgan fingerprint density at radius 3 is 2.41 bits per heavy atom. The van der Waals surface area contributed by atoms with Gasteiger partial charge in [0.05, 0.1) is 24.0 Å². The van der Waals surface area contributed by atoms with Crippen LogP contribution in [0.1, 0.15) is 39.0 Å². The number of halogens is 1. The lowest BCUT2D eigenvalue weighted by Crippen LogP contribution is -2.65. The van der Waals surface area contributed by atoms with E-state index < -0.39 is 38.3 Å². The van der Waals surface area contributed by atoms with Crippen LogP contribution in [-0.2, 0) is 28.9 Å². The minimum absolute atomic E-state index is 0.0170. The van der Waals surface area contributed by atoms with Crippen molar-refractivity contribution in [2.75, 3.05) is 13.2 Å². The number of hydroxylamine groups is 1. The summed E-state index contributed by atoms with van der Waals surface area (Å²) in [7, 11) is -4.08. The minimum atomic E-state index is -4.08. The zero-order valence-corrected chi connectivity index (χ0v) is 21.8. The van der Waals surface area contributed by atoms with Gasteiger partial charge in [0.15, 0.2) is 4.93 Å². The first kappa shape index (κ1) is 27.3. The Morgan fingerprint density at radius 2 is 1.78 bits per heavy atom. The largest absolute Gasteiger partial charge is 0.466 e. The number of fused-ring (bicyclic) bond motifs is 2. The van der Waals surface area contributed by atoms with Gasteiger partial charge in [-0.15, -0.1) is 0 Å². The van der Waals surface area contributed by atoms with Crippen LogP contribution in [0.3, 0.4) is 0 Å². The lowest BCUT2D eigenvalue weighted by Gasteiger charge is -2.44. The molecule has 2 aromatic rings. The molecule has 0 spiro atoms. The second-order valence-corrected chi connectivity index (χ2v) is 11.8. The maximum absolute atomic E-state index is 13.9. The highest BCUT2D eigenvalue weighted by Gasteiger charge is 2.62. The standard InChI is InChI=1S/C25H29ClN2O8S/c1-2-34-22(29)12-14-27-24(23(30)28-31)15-20-11-13-25(16-24,36-20)37(32,33)21-9-7-19(8-10-21)35-18-5-3-17(26)4-6-18/h3-10,20,27,31H,2,11-16H2,1H3,(H,28,30). The van der Waals surface area contributed by atoms with Crippen molar-refractivity contribution in [2.45, 2.75) is 60.5 Å².